The van der Waals surface area contributed by atoms with Gasteiger partial charge in [-0.2, -0.15) is 0 Å². The summed E-state index contributed by atoms with van der Waals surface area (Å²) in [6, 6.07) is 6.00. The summed E-state index contributed by atoms with van der Waals surface area (Å²) in [6.07, 6.45) is 3.52. The molecule has 0 saturated heterocycles. The van der Waals surface area contributed by atoms with Crippen LogP contribution in [0.5, 0.6) is 0 Å². The summed E-state index contributed by atoms with van der Waals surface area (Å²) in [7, 11) is 0. The van der Waals surface area contributed by atoms with E-state index in [0.29, 0.717) is 5.92 Å². The highest BCUT2D eigenvalue weighted by Crippen LogP contribution is 2.42. The fraction of sp³-hybridized carbons (Fsp3) is 0.500. The molecule has 1 saturated carbocycles. The normalized spacial score (nSPS) is 17.9. The highest BCUT2D eigenvalue weighted by molar-refractivity contribution is 7.18. The molecule has 0 bridgehead atoms. The highest BCUT2D eigenvalue weighted by atomic mass is 32.1. The summed E-state index contributed by atoms with van der Waals surface area (Å²) in [5.74, 6) is -0.265. The first kappa shape index (κ1) is 13.6. The van der Waals surface area contributed by atoms with E-state index in [1.165, 1.54) is 0 Å². The molecule has 1 aromatic carbocycles. The van der Waals surface area contributed by atoms with Gasteiger partial charge in [0.25, 0.3) is 0 Å². The molecule has 0 spiro atoms. The van der Waals surface area contributed by atoms with Crippen molar-refractivity contribution in [3.63, 3.8) is 0 Å². The SMILES string of the molecule is CC(C)c1nc2ccc(C3(C(=O)O)CCCC3)cc2s1. The van der Waals surface area contributed by atoms with Gasteiger partial charge in [-0.15, -0.1) is 11.3 Å². The molecule has 0 radical (unpaired) electrons. The first-order valence-electron chi connectivity index (χ1n) is 7.17. The van der Waals surface area contributed by atoms with Crippen LogP contribution in [0.2, 0.25) is 0 Å². The zero-order valence-corrected chi connectivity index (χ0v) is 12.7. The number of nitrogens with zero attached hydrogens (tertiary/aromatic N) is 1. The second-order valence-corrected chi connectivity index (χ2v) is 7.05. The van der Waals surface area contributed by atoms with Crippen LogP contribution in [-0.4, -0.2) is 16.1 Å². The number of rotatable bonds is 3. The maximum atomic E-state index is 11.8. The molecule has 1 heterocycles. The van der Waals surface area contributed by atoms with E-state index in [1.54, 1.807) is 11.3 Å². The van der Waals surface area contributed by atoms with Crippen molar-refractivity contribution in [3.05, 3.63) is 28.8 Å². The van der Waals surface area contributed by atoms with Crippen molar-refractivity contribution in [1.29, 1.82) is 0 Å². The Kier molecular flexibility index (Phi) is 3.28. The lowest BCUT2D eigenvalue weighted by Gasteiger charge is -2.24. The summed E-state index contributed by atoms with van der Waals surface area (Å²) >= 11 is 1.68. The Labute approximate surface area is 122 Å². The van der Waals surface area contributed by atoms with Crippen LogP contribution in [0.3, 0.4) is 0 Å². The average Bonchev–Trinajstić information content (AvgIpc) is 3.05. The molecule has 1 aromatic heterocycles. The highest BCUT2D eigenvalue weighted by Gasteiger charge is 2.43. The van der Waals surface area contributed by atoms with Gasteiger partial charge in [-0.1, -0.05) is 32.8 Å². The third-order valence-electron chi connectivity index (χ3n) is 4.32. The van der Waals surface area contributed by atoms with Crippen LogP contribution in [0.15, 0.2) is 18.2 Å². The van der Waals surface area contributed by atoms with Crippen molar-refractivity contribution >= 4 is 27.5 Å². The Morgan fingerprint density at radius 2 is 2.05 bits per heavy atom. The minimum absolute atomic E-state index is 0.413. The Balaban J connectivity index is 2.10. The second kappa shape index (κ2) is 4.85. The van der Waals surface area contributed by atoms with Gasteiger partial charge in [0.1, 0.15) is 0 Å². The second-order valence-electron chi connectivity index (χ2n) is 5.98. The lowest BCUT2D eigenvalue weighted by Crippen LogP contribution is -2.32. The van der Waals surface area contributed by atoms with Crippen molar-refractivity contribution in [2.75, 3.05) is 0 Å². The zero-order valence-electron chi connectivity index (χ0n) is 11.8. The van der Waals surface area contributed by atoms with Crippen molar-refractivity contribution in [3.8, 4) is 0 Å². The van der Waals surface area contributed by atoms with Crippen LogP contribution in [0.1, 0.15) is 56.0 Å². The van der Waals surface area contributed by atoms with Gasteiger partial charge < -0.3 is 5.11 Å². The maximum Gasteiger partial charge on any atom is 0.314 e. The van der Waals surface area contributed by atoms with Gasteiger partial charge in [0.05, 0.1) is 20.6 Å². The minimum atomic E-state index is -0.678. The van der Waals surface area contributed by atoms with Gasteiger partial charge in [0.15, 0.2) is 0 Å². The van der Waals surface area contributed by atoms with Crippen molar-refractivity contribution < 1.29 is 9.90 Å². The van der Waals surface area contributed by atoms with Crippen LogP contribution in [-0.2, 0) is 10.2 Å². The van der Waals surface area contributed by atoms with E-state index >= 15 is 0 Å². The molecule has 4 heteroatoms. The summed E-state index contributed by atoms with van der Waals surface area (Å²) in [4.78, 5) is 16.4. The van der Waals surface area contributed by atoms with Gasteiger partial charge in [0, 0.05) is 5.92 Å². The first-order chi connectivity index (χ1) is 9.53. The molecule has 1 aliphatic carbocycles. The Hall–Kier alpha value is -1.42. The van der Waals surface area contributed by atoms with E-state index in [2.05, 4.69) is 24.9 Å². The van der Waals surface area contributed by atoms with E-state index in [9.17, 15) is 9.90 Å². The van der Waals surface area contributed by atoms with Crippen LogP contribution in [0, 0.1) is 0 Å². The molecule has 1 aliphatic rings. The maximum absolute atomic E-state index is 11.8. The molecule has 0 amide bonds. The Morgan fingerprint density at radius 3 is 2.65 bits per heavy atom. The number of aliphatic carboxylic acids is 1. The zero-order chi connectivity index (χ0) is 14.3. The number of fused-ring (bicyclic) bond motifs is 1. The molecule has 3 nitrogen and oxygen atoms in total. The van der Waals surface area contributed by atoms with Crippen molar-refractivity contribution in [2.24, 2.45) is 0 Å². The van der Waals surface area contributed by atoms with E-state index in [-0.39, 0.29) is 0 Å². The largest absolute Gasteiger partial charge is 0.481 e. The molecule has 2 aromatic rings. The summed E-state index contributed by atoms with van der Waals surface area (Å²) < 4.78 is 1.11. The molecule has 0 aliphatic heterocycles. The van der Waals surface area contributed by atoms with Crippen LogP contribution >= 0.6 is 11.3 Å². The van der Waals surface area contributed by atoms with Crippen LogP contribution in [0.25, 0.3) is 10.2 Å². The van der Waals surface area contributed by atoms with Crippen LogP contribution in [0.4, 0.5) is 0 Å². The molecule has 106 valence electrons. The Bertz CT molecular complexity index is 654. The van der Waals surface area contributed by atoms with Crippen LogP contribution < -0.4 is 0 Å². The van der Waals surface area contributed by atoms with Crippen molar-refractivity contribution in [2.45, 2.75) is 50.9 Å². The van der Waals surface area contributed by atoms with Gasteiger partial charge in [-0.25, -0.2) is 4.98 Å². The standard InChI is InChI=1S/C16H19NO2S/c1-10(2)14-17-12-6-5-11(9-13(12)20-14)16(15(18)19)7-3-4-8-16/h5-6,9-10H,3-4,7-8H2,1-2H3,(H,18,19). The molecular formula is C16H19NO2S. The number of carboxylic acid groups (broad SMARTS) is 1. The van der Waals surface area contributed by atoms with Crippen molar-refractivity contribution in [1.82, 2.24) is 4.98 Å². The van der Waals surface area contributed by atoms with E-state index in [1.807, 2.05) is 12.1 Å². The quantitative estimate of drug-likeness (QED) is 0.915. The molecule has 1 fully saturated rings. The van der Waals surface area contributed by atoms with E-state index in [4.69, 9.17) is 0 Å². The third kappa shape index (κ3) is 2.03. The first-order valence-corrected chi connectivity index (χ1v) is 7.99. The number of hydrogen-bond acceptors (Lipinski definition) is 3. The fourth-order valence-electron chi connectivity index (χ4n) is 3.09. The number of thiazole rings is 1. The number of carboxylic acids is 1. The molecule has 0 unspecified atom stereocenters. The van der Waals surface area contributed by atoms with Gasteiger partial charge >= 0.3 is 5.97 Å². The Morgan fingerprint density at radius 1 is 1.35 bits per heavy atom. The minimum Gasteiger partial charge on any atom is -0.481 e. The van der Waals surface area contributed by atoms with Gasteiger partial charge in [-0.05, 0) is 30.5 Å². The lowest BCUT2D eigenvalue weighted by atomic mass is 9.79. The van der Waals surface area contributed by atoms with E-state index in [0.717, 1.165) is 46.5 Å². The molecule has 3 rings (SSSR count). The average molecular weight is 289 g/mol. The van der Waals surface area contributed by atoms with Gasteiger partial charge in [-0.3, -0.25) is 4.79 Å². The summed E-state index contributed by atoms with van der Waals surface area (Å²) in [6.45, 7) is 4.27. The molecular weight excluding hydrogens is 270 g/mol. The summed E-state index contributed by atoms with van der Waals surface area (Å²) in [5, 5.41) is 10.8. The number of benzene rings is 1. The fourth-order valence-corrected chi connectivity index (χ4v) is 4.10. The number of hydrogen-bond donors (Lipinski definition) is 1. The van der Waals surface area contributed by atoms with Gasteiger partial charge in [0.2, 0.25) is 0 Å². The predicted molar refractivity (Wildman–Crippen MR) is 81.5 cm³/mol. The lowest BCUT2D eigenvalue weighted by molar-refractivity contribution is -0.143. The topological polar surface area (TPSA) is 50.2 Å². The molecule has 20 heavy (non-hydrogen) atoms. The smallest absolute Gasteiger partial charge is 0.314 e. The third-order valence-corrected chi connectivity index (χ3v) is 5.64. The summed E-state index contributed by atoms with van der Waals surface area (Å²) in [5.41, 5.74) is 1.27. The molecule has 1 N–H and O–H groups in total. The van der Waals surface area contributed by atoms with E-state index < -0.39 is 11.4 Å². The predicted octanol–water partition coefficient (Wildman–Crippen LogP) is 4.32. The molecule has 0 atom stereocenters. The number of carbonyl (C=O) groups is 1. The monoisotopic (exact) mass is 289 g/mol. The number of aromatic nitrogens is 1.